The van der Waals surface area contributed by atoms with E-state index < -0.39 is 0 Å². The molecule has 0 unspecified atom stereocenters. The van der Waals surface area contributed by atoms with E-state index in [-0.39, 0.29) is 5.91 Å². The molecule has 0 saturated carbocycles. The van der Waals surface area contributed by atoms with Gasteiger partial charge in [-0.05, 0) is 25.0 Å². The van der Waals surface area contributed by atoms with Crippen LogP contribution in [0.15, 0.2) is 36.7 Å². The van der Waals surface area contributed by atoms with E-state index in [1.54, 1.807) is 24.5 Å². The molecular formula is C15H15ClN4O. The van der Waals surface area contributed by atoms with Crippen LogP contribution in [0.3, 0.4) is 0 Å². The van der Waals surface area contributed by atoms with Crippen molar-refractivity contribution in [1.29, 1.82) is 0 Å². The van der Waals surface area contributed by atoms with Gasteiger partial charge in [-0.3, -0.25) is 4.79 Å². The van der Waals surface area contributed by atoms with E-state index in [0.29, 0.717) is 22.2 Å². The minimum Gasteiger partial charge on any atom is -0.341 e. The molecule has 1 fully saturated rings. The van der Waals surface area contributed by atoms with Crippen LogP contribution in [0.5, 0.6) is 0 Å². The molecule has 1 aromatic carbocycles. The van der Waals surface area contributed by atoms with Gasteiger partial charge in [0.05, 0.1) is 16.3 Å². The molecule has 1 saturated heterocycles. The molecule has 1 aliphatic heterocycles. The molecule has 108 valence electrons. The predicted molar refractivity (Wildman–Crippen MR) is 82.9 cm³/mol. The zero-order chi connectivity index (χ0) is 14.7. The van der Waals surface area contributed by atoms with Crippen molar-refractivity contribution in [3.8, 4) is 0 Å². The first-order valence-corrected chi connectivity index (χ1v) is 7.25. The normalized spacial score (nSPS) is 14.2. The third-order valence-corrected chi connectivity index (χ3v) is 3.74. The van der Waals surface area contributed by atoms with Crippen molar-refractivity contribution in [3.05, 3.63) is 47.2 Å². The van der Waals surface area contributed by atoms with Crippen LogP contribution < -0.4 is 10.2 Å². The largest absolute Gasteiger partial charge is 0.341 e. The van der Waals surface area contributed by atoms with Crippen molar-refractivity contribution >= 4 is 29.1 Å². The minimum atomic E-state index is -0.268. The maximum atomic E-state index is 12.1. The van der Waals surface area contributed by atoms with Gasteiger partial charge in [0.15, 0.2) is 0 Å². The number of carbonyl (C=O) groups is 1. The van der Waals surface area contributed by atoms with Crippen molar-refractivity contribution in [1.82, 2.24) is 9.97 Å². The van der Waals surface area contributed by atoms with Crippen LogP contribution in [0.25, 0.3) is 0 Å². The summed E-state index contributed by atoms with van der Waals surface area (Å²) in [5.41, 5.74) is 0.991. The Hall–Kier alpha value is -2.14. The lowest BCUT2D eigenvalue weighted by Crippen LogP contribution is -2.21. The summed E-state index contributed by atoms with van der Waals surface area (Å²) in [6.07, 6.45) is 5.43. The third-order valence-electron chi connectivity index (χ3n) is 3.41. The van der Waals surface area contributed by atoms with E-state index in [9.17, 15) is 4.79 Å². The molecule has 6 heteroatoms. The van der Waals surface area contributed by atoms with Gasteiger partial charge in [-0.25, -0.2) is 9.97 Å². The highest BCUT2D eigenvalue weighted by Crippen LogP contribution is 2.21. The van der Waals surface area contributed by atoms with Crippen LogP contribution in [0.2, 0.25) is 5.02 Å². The number of benzene rings is 1. The smallest absolute Gasteiger partial charge is 0.258 e. The monoisotopic (exact) mass is 302 g/mol. The maximum Gasteiger partial charge on any atom is 0.258 e. The minimum absolute atomic E-state index is 0.268. The lowest BCUT2D eigenvalue weighted by molar-refractivity contribution is 0.102. The molecule has 0 aliphatic carbocycles. The van der Waals surface area contributed by atoms with Gasteiger partial charge in [-0.15, -0.1) is 0 Å². The molecule has 2 heterocycles. The summed E-state index contributed by atoms with van der Waals surface area (Å²) >= 11 is 6.01. The molecule has 1 aromatic heterocycles. The average Bonchev–Trinajstić information content (AvgIpc) is 3.04. The molecule has 1 N–H and O–H groups in total. The van der Waals surface area contributed by atoms with Crippen LogP contribution in [-0.2, 0) is 0 Å². The molecule has 3 rings (SSSR count). The Morgan fingerprint density at radius 3 is 2.48 bits per heavy atom. The number of para-hydroxylation sites is 1. The van der Waals surface area contributed by atoms with E-state index in [4.69, 9.17) is 11.6 Å². The van der Waals surface area contributed by atoms with E-state index in [1.165, 1.54) is 0 Å². The number of nitrogens with one attached hydrogen (secondary N) is 1. The summed E-state index contributed by atoms with van der Waals surface area (Å²) in [5.74, 6) is 0.415. The van der Waals surface area contributed by atoms with Gasteiger partial charge < -0.3 is 10.2 Å². The van der Waals surface area contributed by atoms with E-state index >= 15 is 0 Å². The number of carbonyl (C=O) groups excluding carboxylic acids is 1. The van der Waals surface area contributed by atoms with Crippen molar-refractivity contribution in [2.24, 2.45) is 0 Å². The first-order valence-electron chi connectivity index (χ1n) is 6.87. The molecule has 0 radical (unpaired) electrons. The summed E-state index contributed by atoms with van der Waals surface area (Å²) < 4.78 is 0. The van der Waals surface area contributed by atoms with E-state index in [1.807, 2.05) is 12.1 Å². The van der Waals surface area contributed by atoms with Gasteiger partial charge in [0, 0.05) is 25.5 Å². The first-order chi connectivity index (χ1) is 10.2. The topological polar surface area (TPSA) is 58.1 Å². The SMILES string of the molecule is O=C(Nc1ccccc1Cl)c1cnc(N2CCCC2)nc1. The summed E-state index contributed by atoms with van der Waals surface area (Å²) in [6.45, 7) is 1.95. The number of hydrogen-bond donors (Lipinski definition) is 1. The average molecular weight is 303 g/mol. The van der Waals surface area contributed by atoms with Gasteiger partial charge in [0.25, 0.3) is 5.91 Å². The highest BCUT2D eigenvalue weighted by Gasteiger charge is 2.15. The van der Waals surface area contributed by atoms with Gasteiger partial charge in [-0.2, -0.15) is 0 Å². The Morgan fingerprint density at radius 2 is 1.81 bits per heavy atom. The summed E-state index contributed by atoms with van der Waals surface area (Å²) in [4.78, 5) is 22.8. The zero-order valence-electron chi connectivity index (χ0n) is 11.4. The molecular weight excluding hydrogens is 288 g/mol. The van der Waals surface area contributed by atoms with Crippen LogP contribution in [0, 0.1) is 0 Å². The number of hydrogen-bond acceptors (Lipinski definition) is 4. The van der Waals surface area contributed by atoms with Crippen LogP contribution in [0.1, 0.15) is 23.2 Å². The number of rotatable bonds is 3. The molecule has 21 heavy (non-hydrogen) atoms. The Bertz CT molecular complexity index is 638. The molecule has 0 spiro atoms. The van der Waals surface area contributed by atoms with Gasteiger partial charge in [0.2, 0.25) is 5.95 Å². The predicted octanol–water partition coefficient (Wildman–Crippen LogP) is 2.98. The van der Waals surface area contributed by atoms with Gasteiger partial charge >= 0.3 is 0 Å². The number of halogens is 1. The molecule has 5 nitrogen and oxygen atoms in total. The molecule has 0 bridgehead atoms. The van der Waals surface area contributed by atoms with Gasteiger partial charge in [0.1, 0.15) is 0 Å². The summed E-state index contributed by atoms with van der Waals surface area (Å²) in [5, 5.41) is 3.25. The van der Waals surface area contributed by atoms with Crippen molar-refractivity contribution in [3.63, 3.8) is 0 Å². The molecule has 1 amide bonds. The fourth-order valence-electron chi connectivity index (χ4n) is 2.28. The molecule has 0 atom stereocenters. The standard InChI is InChI=1S/C15H15ClN4O/c16-12-5-1-2-6-13(12)19-14(21)11-9-17-15(18-10-11)20-7-3-4-8-20/h1-2,5-6,9-10H,3-4,7-8H2,(H,19,21). The lowest BCUT2D eigenvalue weighted by atomic mass is 10.3. The number of nitrogens with zero attached hydrogens (tertiary/aromatic N) is 3. The number of amides is 1. The zero-order valence-corrected chi connectivity index (χ0v) is 12.2. The quantitative estimate of drug-likeness (QED) is 0.947. The number of aromatic nitrogens is 2. The van der Waals surface area contributed by atoms with Crippen molar-refractivity contribution in [2.45, 2.75) is 12.8 Å². The fourth-order valence-corrected chi connectivity index (χ4v) is 2.46. The van der Waals surface area contributed by atoms with E-state index in [0.717, 1.165) is 25.9 Å². The van der Waals surface area contributed by atoms with Crippen LogP contribution in [0.4, 0.5) is 11.6 Å². The summed E-state index contributed by atoms with van der Waals surface area (Å²) in [7, 11) is 0. The lowest BCUT2D eigenvalue weighted by Gasteiger charge is -2.14. The first kappa shape index (κ1) is 13.8. The van der Waals surface area contributed by atoms with E-state index in [2.05, 4.69) is 20.2 Å². The number of anilines is 2. The molecule has 2 aromatic rings. The Morgan fingerprint density at radius 1 is 1.14 bits per heavy atom. The third kappa shape index (κ3) is 3.13. The fraction of sp³-hybridized carbons (Fsp3) is 0.267. The molecule has 1 aliphatic rings. The summed E-state index contributed by atoms with van der Waals surface area (Å²) in [6, 6.07) is 7.10. The van der Waals surface area contributed by atoms with Crippen LogP contribution >= 0.6 is 11.6 Å². The highest BCUT2D eigenvalue weighted by atomic mass is 35.5. The second-order valence-corrected chi connectivity index (χ2v) is 5.31. The van der Waals surface area contributed by atoms with Gasteiger partial charge in [-0.1, -0.05) is 23.7 Å². The second-order valence-electron chi connectivity index (χ2n) is 4.90. The Kier molecular flexibility index (Phi) is 4.01. The Labute approximate surface area is 128 Å². The van der Waals surface area contributed by atoms with Crippen molar-refractivity contribution < 1.29 is 4.79 Å². The second kappa shape index (κ2) is 6.10. The Balaban J connectivity index is 1.71. The van der Waals surface area contributed by atoms with Crippen molar-refractivity contribution in [2.75, 3.05) is 23.3 Å². The highest BCUT2D eigenvalue weighted by molar-refractivity contribution is 6.33. The van der Waals surface area contributed by atoms with Crippen LogP contribution in [-0.4, -0.2) is 29.0 Å². The maximum absolute atomic E-state index is 12.1.